The quantitative estimate of drug-likeness (QED) is 0.204. The Morgan fingerprint density at radius 3 is 2.09 bits per heavy atom. The maximum Gasteiger partial charge on any atom is 0.333 e. The monoisotopic (exact) mass is 455 g/mol. The van der Waals surface area contributed by atoms with Crippen molar-refractivity contribution < 1.29 is 53.0 Å². The molecule has 2 rings (SSSR count). The van der Waals surface area contributed by atoms with Crippen molar-refractivity contribution in [1.82, 2.24) is 10.4 Å². The summed E-state index contributed by atoms with van der Waals surface area (Å²) in [7, 11) is 0. The van der Waals surface area contributed by atoms with Crippen molar-refractivity contribution in [2.24, 2.45) is 17.6 Å². The number of rotatable bonds is 8. The van der Waals surface area contributed by atoms with E-state index in [9.17, 15) is 38.4 Å². The summed E-state index contributed by atoms with van der Waals surface area (Å²) in [6.45, 7) is 0. The van der Waals surface area contributed by atoms with Gasteiger partial charge in [0.1, 0.15) is 6.04 Å². The Morgan fingerprint density at radius 2 is 1.56 bits per heavy atom. The predicted molar refractivity (Wildman–Crippen MR) is 97.1 cm³/mol. The van der Waals surface area contributed by atoms with Crippen LogP contribution in [0.15, 0.2) is 0 Å². The lowest BCUT2D eigenvalue weighted by atomic mass is 9.97. The lowest BCUT2D eigenvalue weighted by molar-refractivity contribution is -0.207. The molecule has 4 N–H and O–H groups in total. The summed E-state index contributed by atoms with van der Waals surface area (Å²) in [5.74, 6) is -9.99. The lowest BCUT2D eigenvalue weighted by Crippen LogP contribution is -2.46. The van der Waals surface area contributed by atoms with Gasteiger partial charge in [-0.2, -0.15) is 0 Å². The molecular formula is C18H21N3O11. The predicted octanol–water partition coefficient (Wildman–Crippen LogP) is -2.09. The second kappa shape index (κ2) is 10.6. The van der Waals surface area contributed by atoms with Crippen molar-refractivity contribution in [3.8, 4) is 0 Å². The number of hydroxylamine groups is 2. The number of carboxylic acid groups (broad SMARTS) is 1. The van der Waals surface area contributed by atoms with Crippen LogP contribution < -0.4 is 11.1 Å². The molecule has 14 heteroatoms. The molecule has 2 fully saturated rings. The first-order valence-electron chi connectivity index (χ1n) is 9.61. The van der Waals surface area contributed by atoms with Gasteiger partial charge in [0, 0.05) is 32.1 Å². The first kappa shape index (κ1) is 24.6. The van der Waals surface area contributed by atoms with Crippen LogP contribution >= 0.6 is 0 Å². The third kappa shape index (κ3) is 6.66. The fraction of sp³-hybridized carbons (Fsp3) is 0.556. The van der Waals surface area contributed by atoms with E-state index in [2.05, 4.69) is 9.57 Å². The largest absolute Gasteiger partial charge is 0.481 e. The number of esters is 2. The van der Waals surface area contributed by atoms with Crippen molar-refractivity contribution in [2.75, 3.05) is 0 Å². The van der Waals surface area contributed by atoms with Crippen molar-refractivity contribution >= 4 is 47.5 Å². The summed E-state index contributed by atoms with van der Waals surface area (Å²) in [4.78, 5) is 97.4. The van der Waals surface area contributed by atoms with E-state index in [-0.39, 0.29) is 37.2 Å². The van der Waals surface area contributed by atoms with E-state index < -0.39 is 78.2 Å². The van der Waals surface area contributed by atoms with Crippen molar-refractivity contribution in [2.45, 2.75) is 51.0 Å². The average Bonchev–Trinajstić information content (AvgIpc) is 2.69. The van der Waals surface area contributed by atoms with Crippen LogP contribution in [-0.4, -0.2) is 63.7 Å². The van der Waals surface area contributed by atoms with Crippen molar-refractivity contribution in [3.63, 3.8) is 0 Å². The fourth-order valence-electron chi connectivity index (χ4n) is 3.01. The number of imide groups is 2. The molecule has 0 radical (unpaired) electrons. The molecule has 32 heavy (non-hydrogen) atoms. The number of carbonyl (C=O) groups excluding carboxylic acids is 7. The van der Waals surface area contributed by atoms with E-state index in [0.29, 0.717) is 0 Å². The zero-order valence-electron chi connectivity index (χ0n) is 16.7. The molecule has 0 spiro atoms. The van der Waals surface area contributed by atoms with Crippen LogP contribution in [0.2, 0.25) is 0 Å². The van der Waals surface area contributed by atoms with Gasteiger partial charge in [0.25, 0.3) is 11.8 Å². The Morgan fingerprint density at radius 1 is 1.00 bits per heavy atom. The van der Waals surface area contributed by atoms with E-state index in [1.165, 1.54) is 0 Å². The molecule has 0 saturated carbocycles. The van der Waals surface area contributed by atoms with E-state index in [1.807, 2.05) is 5.32 Å². The fourth-order valence-corrected chi connectivity index (χ4v) is 3.01. The van der Waals surface area contributed by atoms with Crippen molar-refractivity contribution in [3.05, 3.63) is 0 Å². The molecule has 2 aliphatic heterocycles. The van der Waals surface area contributed by atoms with E-state index >= 15 is 0 Å². The Balaban J connectivity index is 1.73. The number of nitrogens with one attached hydrogen (secondary N) is 1. The van der Waals surface area contributed by atoms with Crippen LogP contribution in [0.25, 0.3) is 0 Å². The first-order valence-corrected chi connectivity index (χ1v) is 9.61. The Labute approximate surface area is 180 Å². The topological polar surface area (TPSA) is 217 Å². The molecule has 0 aromatic heterocycles. The number of aliphatic carboxylic acids is 1. The third-order valence-electron chi connectivity index (χ3n) is 4.71. The second-order valence-corrected chi connectivity index (χ2v) is 7.30. The lowest BCUT2D eigenvalue weighted by Gasteiger charge is -2.26. The first-order chi connectivity index (χ1) is 15.0. The highest BCUT2D eigenvalue weighted by atomic mass is 16.7. The van der Waals surface area contributed by atoms with E-state index in [1.54, 1.807) is 0 Å². The number of nitrogens with zero attached hydrogens (tertiary/aromatic N) is 1. The molecule has 0 bridgehead atoms. The number of carboxylic acids is 1. The standard InChI is InChI=1S/C18H21N3O11/c19-10(18(30)31-17(29)9-4-11(22)20-12(23)5-9)2-1-3-15(26)32-21-13(24)6-8(16(27)28)7-14(21)25/h8-10H,1-7,19H2,(H,27,28)(H,20,22,23). The van der Waals surface area contributed by atoms with Crippen LogP contribution in [0.1, 0.15) is 44.9 Å². The zero-order chi connectivity index (χ0) is 24.0. The molecule has 4 amide bonds. The van der Waals surface area contributed by atoms with Crippen LogP contribution in [0.3, 0.4) is 0 Å². The summed E-state index contributed by atoms with van der Waals surface area (Å²) in [6.07, 6.45) is -2.08. The number of hydrogen-bond acceptors (Lipinski definition) is 11. The Hall–Kier alpha value is -3.68. The van der Waals surface area contributed by atoms with Gasteiger partial charge >= 0.3 is 23.9 Å². The van der Waals surface area contributed by atoms with Gasteiger partial charge in [-0.3, -0.25) is 34.1 Å². The molecular weight excluding hydrogens is 434 g/mol. The summed E-state index contributed by atoms with van der Waals surface area (Å²) in [6, 6.07) is -1.30. The summed E-state index contributed by atoms with van der Waals surface area (Å²) < 4.78 is 4.59. The second-order valence-electron chi connectivity index (χ2n) is 7.30. The molecule has 2 aliphatic rings. The summed E-state index contributed by atoms with van der Waals surface area (Å²) in [5.41, 5.74) is 5.61. The highest BCUT2D eigenvalue weighted by Gasteiger charge is 2.39. The molecule has 2 heterocycles. The Kier molecular flexibility index (Phi) is 8.12. The maximum absolute atomic E-state index is 11.9. The van der Waals surface area contributed by atoms with E-state index in [0.717, 1.165) is 0 Å². The number of hydrogen-bond donors (Lipinski definition) is 3. The molecule has 1 unspecified atom stereocenters. The van der Waals surface area contributed by atoms with Gasteiger partial charge in [0.05, 0.1) is 11.8 Å². The van der Waals surface area contributed by atoms with E-state index in [4.69, 9.17) is 10.8 Å². The summed E-state index contributed by atoms with van der Waals surface area (Å²) in [5, 5.41) is 11.1. The SMILES string of the molecule is NC(CCCC(=O)ON1C(=O)CC(C(=O)O)CC1=O)C(=O)OC(=O)C1CC(=O)NC(=O)C1. The number of carbonyl (C=O) groups is 8. The summed E-state index contributed by atoms with van der Waals surface area (Å²) >= 11 is 0. The van der Waals surface area contributed by atoms with Crippen molar-refractivity contribution in [1.29, 1.82) is 0 Å². The third-order valence-corrected chi connectivity index (χ3v) is 4.71. The molecule has 14 nitrogen and oxygen atoms in total. The van der Waals surface area contributed by atoms with Gasteiger partial charge in [-0.1, -0.05) is 0 Å². The number of ether oxygens (including phenoxy) is 1. The molecule has 0 aromatic rings. The van der Waals surface area contributed by atoms with Gasteiger partial charge in [0.15, 0.2) is 0 Å². The average molecular weight is 455 g/mol. The number of piperidine rings is 2. The number of nitrogens with two attached hydrogens (primary N) is 1. The smallest absolute Gasteiger partial charge is 0.333 e. The molecule has 2 saturated heterocycles. The minimum absolute atomic E-state index is 0.0262. The van der Waals surface area contributed by atoms with Crippen LogP contribution in [-0.2, 0) is 47.9 Å². The van der Waals surface area contributed by atoms with Gasteiger partial charge < -0.3 is 20.4 Å². The number of amides is 4. The van der Waals surface area contributed by atoms with Gasteiger partial charge in [-0.05, 0) is 12.8 Å². The molecule has 0 aliphatic carbocycles. The van der Waals surface area contributed by atoms with Crippen LogP contribution in [0.4, 0.5) is 0 Å². The molecule has 0 aromatic carbocycles. The highest BCUT2D eigenvalue weighted by molar-refractivity contribution is 6.03. The minimum atomic E-state index is -1.31. The van der Waals surface area contributed by atoms with Gasteiger partial charge in [-0.15, -0.1) is 5.06 Å². The van der Waals surface area contributed by atoms with Crippen LogP contribution in [0.5, 0.6) is 0 Å². The minimum Gasteiger partial charge on any atom is -0.481 e. The maximum atomic E-state index is 11.9. The highest BCUT2D eigenvalue weighted by Crippen LogP contribution is 2.21. The normalized spacial score (nSPS) is 18.7. The Bertz CT molecular complexity index is 834. The van der Waals surface area contributed by atoms with Crippen LogP contribution in [0, 0.1) is 11.8 Å². The van der Waals surface area contributed by atoms with Gasteiger partial charge in [0.2, 0.25) is 11.8 Å². The molecule has 174 valence electrons. The molecule has 1 atom stereocenters. The van der Waals surface area contributed by atoms with Gasteiger partial charge in [-0.25, -0.2) is 9.59 Å². The zero-order valence-corrected chi connectivity index (χ0v) is 16.7.